The molecule has 1 fully saturated rings. The smallest absolute Gasteiger partial charge is 0.281 e. The topological polar surface area (TPSA) is 117 Å². The Bertz CT molecular complexity index is 1440. The number of pyridine rings is 2. The zero-order chi connectivity index (χ0) is 27.5. The first-order valence-electron chi connectivity index (χ1n) is 12.1. The molecule has 3 heterocycles. The average molecular weight is 544 g/mol. The third kappa shape index (κ3) is 6.65. The maximum Gasteiger partial charge on any atom is 0.281 e. The van der Waals surface area contributed by atoms with E-state index in [0.717, 1.165) is 0 Å². The summed E-state index contributed by atoms with van der Waals surface area (Å²) in [6.07, 6.45) is 0. The van der Waals surface area contributed by atoms with Crippen LogP contribution in [-0.4, -0.2) is 50.7 Å². The van der Waals surface area contributed by atoms with Gasteiger partial charge in [0.2, 0.25) is 5.88 Å². The summed E-state index contributed by atoms with van der Waals surface area (Å²) in [5.74, 6) is -0.938. The number of ether oxygens (including phenoxy) is 3. The molecule has 1 aliphatic heterocycles. The van der Waals surface area contributed by atoms with Gasteiger partial charge in [0.15, 0.2) is 5.03 Å². The fourth-order valence-corrected chi connectivity index (χ4v) is 4.59. The molecule has 1 aliphatic rings. The van der Waals surface area contributed by atoms with E-state index in [9.17, 15) is 17.6 Å². The van der Waals surface area contributed by atoms with Crippen LogP contribution in [0.5, 0.6) is 11.6 Å². The molecule has 0 radical (unpaired) electrons. The van der Waals surface area contributed by atoms with Gasteiger partial charge in [0.05, 0.1) is 32.1 Å². The SMILES string of the molecule is Cc1cccc(S(=O)(=O)NC(=O)c2ccc(-c3cc(F)cc(OCC(C)C)c3)nc2OCC2(C)COC2)n1. The second-order valence-electron chi connectivity index (χ2n) is 10.1. The highest BCUT2D eigenvalue weighted by atomic mass is 32.2. The van der Waals surface area contributed by atoms with Crippen LogP contribution in [0.25, 0.3) is 11.3 Å². The highest BCUT2D eigenvalue weighted by Gasteiger charge is 2.35. The molecule has 0 saturated carbocycles. The van der Waals surface area contributed by atoms with E-state index in [1.165, 1.54) is 36.4 Å². The summed E-state index contributed by atoms with van der Waals surface area (Å²) in [6.45, 7) is 9.11. The van der Waals surface area contributed by atoms with E-state index >= 15 is 0 Å². The van der Waals surface area contributed by atoms with Gasteiger partial charge in [-0.2, -0.15) is 8.42 Å². The number of rotatable bonds is 10. The number of hydrogen-bond acceptors (Lipinski definition) is 8. The number of sulfonamides is 1. The molecule has 0 aliphatic carbocycles. The molecular formula is C27H30FN3O6S. The molecule has 1 saturated heterocycles. The summed E-state index contributed by atoms with van der Waals surface area (Å²) in [6, 6.07) is 11.6. The van der Waals surface area contributed by atoms with Crippen molar-refractivity contribution in [3.8, 4) is 22.9 Å². The minimum absolute atomic E-state index is 0.0885. The zero-order valence-corrected chi connectivity index (χ0v) is 22.5. The third-order valence-corrected chi connectivity index (χ3v) is 6.91. The summed E-state index contributed by atoms with van der Waals surface area (Å²) in [4.78, 5) is 21.6. The molecule has 0 bridgehead atoms. The van der Waals surface area contributed by atoms with E-state index in [1.807, 2.05) is 25.5 Å². The fraction of sp³-hybridized carbons (Fsp3) is 0.370. The lowest BCUT2D eigenvalue weighted by molar-refractivity contribution is -0.120. The normalized spacial score (nSPS) is 14.6. The largest absolute Gasteiger partial charge is 0.493 e. The summed E-state index contributed by atoms with van der Waals surface area (Å²) < 4.78 is 58.9. The van der Waals surface area contributed by atoms with Gasteiger partial charge in [0.1, 0.15) is 17.1 Å². The molecule has 38 heavy (non-hydrogen) atoms. The van der Waals surface area contributed by atoms with E-state index in [-0.39, 0.29) is 34.4 Å². The molecule has 1 amide bonds. The Morgan fingerprint density at radius 1 is 1.13 bits per heavy atom. The van der Waals surface area contributed by atoms with Gasteiger partial charge in [0, 0.05) is 22.7 Å². The van der Waals surface area contributed by atoms with Crippen LogP contribution in [0, 0.1) is 24.1 Å². The second kappa shape index (κ2) is 11.0. The summed E-state index contributed by atoms with van der Waals surface area (Å²) >= 11 is 0. The number of amides is 1. The van der Waals surface area contributed by atoms with E-state index in [0.29, 0.717) is 42.5 Å². The quantitative estimate of drug-likeness (QED) is 0.405. The molecule has 0 unspecified atom stereocenters. The maximum atomic E-state index is 14.4. The van der Waals surface area contributed by atoms with Crippen molar-refractivity contribution >= 4 is 15.9 Å². The third-order valence-electron chi connectivity index (χ3n) is 5.68. The van der Waals surface area contributed by atoms with Crippen LogP contribution < -0.4 is 14.2 Å². The zero-order valence-electron chi connectivity index (χ0n) is 21.7. The van der Waals surface area contributed by atoms with Crippen LogP contribution in [-0.2, 0) is 14.8 Å². The molecule has 0 atom stereocenters. The number of nitrogens with zero attached hydrogens (tertiary/aromatic N) is 2. The van der Waals surface area contributed by atoms with Gasteiger partial charge in [-0.15, -0.1) is 0 Å². The number of aryl methyl sites for hydroxylation is 1. The molecular weight excluding hydrogens is 513 g/mol. The summed E-state index contributed by atoms with van der Waals surface area (Å²) in [7, 11) is -4.25. The van der Waals surface area contributed by atoms with E-state index < -0.39 is 21.7 Å². The number of hydrogen-bond donors (Lipinski definition) is 1. The molecule has 1 aromatic carbocycles. The van der Waals surface area contributed by atoms with Crippen LogP contribution in [0.15, 0.2) is 53.6 Å². The molecule has 2 aromatic heterocycles. The Morgan fingerprint density at radius 3 is 2.55 bits per heavy atom. The second-order valence-corrected chi connectivity index (χ2v) is 11.7. The Balaban J connectivity index is 1.66. The maximum absolute atomic E-state index is 14.4. The Morgan fingerprint density at radius 2 is 1.89 bits per heavy atom. The number of benzene rings is 1. The van der Waals surface area contributed by atoms with Gasteiger partial charge in [-0.25, -0.2) is 19.1 Å². The number of carbonyl (C=O) groups excluding carboxylic acids is 1. The highest BCUT2D eigenvalue weighted by Crippen LogP contribution is 2.31. The number of aromatic nitrogens is 2. The average Bonchev–Trinajstić information content (AvgIpc) is 2.84. The van der Waals surface area contributed by atoms with Gasteiger partial charge in [-0.1, -0.05) is 26.8 Å². The lowest BCUT2D eigenvalue weighted by Crippen LogP contribution is -2.44. The van der Waals surface area contributed by atoms with Crippen molar-refractivity contribution in [2.24, 2.45) is 11.3 Å². The van der Waals surface area contributed by atoms with Crippen molar-refractivity contribution < 1.29 is 31.8 Å². The monoisotopic (exact) mass is 543 g/mol. The van der Waals surface area contributed by atoms with E-state index in [4.69, 9.17) is 14.2 Å². The van der Waals surface area contributed by atoms with Gasteiger partial charge in [0.25, 0.3) is 15.9 Å². The van der Waals surface area contributed by atoms with Gasteiger partial charge >= 0.3 is 0 Å². The van der Waals surface area contributed by atoms with Crippen LogP contribution in [0.3, 0.4) is 0 Å². The van der Waals surface area contributed by atoms with Crippen molar-refractivity contribution in [2.75, 3.05) is 26.4 Å². The molecule has 4 rings (SSSR count). The Labute approximate surface area is 221 Å². The first-order valence-corrected chi connectivity index (χ1v) is 13.6. The predicted molar refractivity (Wildman–Crippen MR) is 138 cm³/mol. The van der Waals surface area contributed by atoms with Gasteiger partial charge in [-0.3, -0.25) is 4.79 Å². The van der Waals surface area contributed by atoms with Crippen molar-refractivity contribution in [2.45, 2.75) is 32.7 Å². The Kier molecular flexibility index (Phi) is 7.98. The van der Waals surface area contributed by atoms with Gasteiger partial charge < -0.3 is 14.2 Å². The minimum atomic E-state index is -4.25. The molecule has 202 valence electrons. The van der Waals surface area contributed by atoms with Crippen molar-refractivity contribution in [3.63, 3.8) is 0 Å². The first-order chi connectivity index (χ1) is 17.9. The molecule has 9 nitrogen and oxygen atoms in total. The number of nitrogens with one attached hydrogen (secondary N) is 1. The van der Waals surface area contributed by atoms with Crippen LogP contribution in [0.4, 0.5) is 4.39 Å². The molecule has 11 heteroatoms. The Hall–Kier alpha value is -3.57. The minimum Gasteiger partial charge on any atom is -0.493 e. The number of halogens is 1. The van der Waals surface area contributed by atoms with Crippen molar-refractivity contribution in [3.05, 3.63) is 65.6 Å². The van der Waals surface area contributed by atoms with E-state index in [1.54, 1.807) is 19.1 Å². The lowest BCUT2D eigenvalue weighted by Gasteiger charge is -2.37. The summed E-state index contributed by atoms with van der Waals surface area (Å²) in [5, 5.41) is -0.286. The fourth-order valence-electron chi connectivity index (χ4n) is 3.61. The van der Waals surface area contributed by atoms with Crippen LogP contribution in [0.2, 0.25) is 0 Å². The van der Waals surface area contributed by atoms with Crippen LogP contribution >= 0.6 is 0 Å². The van der Waals surface area contributed by atoms with Gasteiger partial charge in [-0.05, 0) is 49.2 Å². The molecule has 3 aromatic rings. The van der Waals surface area contributed by atoms with E-state index in [2.05, 4.69) is 9.97 Å². The van der Waals surface area contributed by atoms with Crippen LogP contribution in [0.1, 0.15) is 36.8 Å². The standard InChI is InChI=1S/C27H30FN3O6S/c1-17(2)13-36-21-11-19(10-20(28)12-21)23-9-8-22(26(30-23)37-16-27(4)14-35-15-27)25(32)31-38(33,34)24-7-5-6-18(3)29-24/h5-12,17H,13-16H2,1-4H3,(H,31,32). The highest BCUT2D eigenvalue weighted by molar-refractivity contribution is 7.90. The lowest BCUT2D eigenvalue weighted by atomic mass is 9.90. The summed E-state index contributed by atoms with van der Waals surface area (Å²) in [5.41, 5.74) is 0.846. The molecule has 1 N–H and O–H groups in total. The first kappa shape index (κ1) is 27.5. The predicted octanol–water partition coefficient (Wildman–Crippen LogP) is 4.16. The van der Waals surface area contributed by atoms with Crippen molar-refractivity contribution in [1.82, 2.24) is 14.7 Å². The van der Waals surface area contributed by atoms with Crippen molar-refractivity contribution in [1.29, 1.82) is 0 Å². The molecule has 0 spiro atoms. The number of carbonyl (C=O) groups is 1.